The third-order valence-electron chi connectivity index (χ3n) is 6.17. The van der Waals surface area contributed by atoms with Gasteiger partial charge in [-0.1, -0.05) is 37.1 Å². The number of benzene rings is 1. The summed E-state index contributed by atoms with van der Waals surface area (Å²) in [6.07, 6.45) is 5.92. The van der Waals surface area contributed by atoms with Crippen LogP contribution in [-0.4, -0.2) is 20.0 Å². The minimum Gasteiger partial charge on any atom is -0.339 e. The molecule has 0 spiro atoms. The van der Waals surface area contributed by atoms with Crippen LogP contribution >= 0.6 is 0 Å². The lowest BCUT2D eigenvalue weighted by molar-refractivity contribution is 0.102. The van der Waals surface area contributed by atoms with Gasteiger partial charge in [-0.15, -0.1) is 0 Å². The minimum absolute atomic E-state index is 0.0270. The van der Waals surface area contributed by atoms with Crippen molar-refractivity contribution in [2.75, 3.05) is 5.32 Å². The molecule has 4 aromatic rings. The van der Waals surface area contributed by atoms with Gasteiger partial charge in [0, 0.05) is 41.3 Å². The number of carbonyl (C=O) groups is 1. The zero-order valence-corrected chi connectivity index (χ0v) is 17.2. The molecule has 3 heterocycles. The molecule has 6 heteroatoms. The number of hydrogen-bond acceptors (Lipinski definition) is 3. The van der Waals surface area contributed by atoms with Crippen LogP contribution in [0.5, 0.6) is 0 Å². The third kappa shape index (κ3) is 2.91. The zero-order chi connectivity index (χ0) is 20.8. The summed E-state index contributed by atoms with van der Waals surface area (Å²) < 4.78 is 3.70. The van der Waals surface area contributed by atoms with E-state index in [1.165, 1.54) is 0 Å². The highest BCUT2D eigenvalue weighted by Gasteiger charge is 2.25. The Labute approximate surface area is 174 Å². The highest BCUT2D eigenvalue weighted by atomic mass is 16.2. The highest BCUT2D eigenvalue weighted by Crippen LogP contribution is 2.33. The summed E-state index contributed by atoms with van der Waals surface area (Å²) in [7, 11) is 1.90. The van der Waals surface area contributed by atoms with Gasteiger partial charge in [-0.3, -0.25) is 9.59 Å². The summed E-state index contributed by atoms with van der Waals surface area (Å²) >= 11 is 0. The van der Waals surface area contributed by atoms with E-state index < -0.39 is 0 Å². The Morgan fingerprint density at radius 3 is 2.63 bits per heavy atom. The Balaban J connectivity index is 1.76. The number of amides is 1. The Kier molecular flexibility index (Phi) is 4.42. The standard InChI is InChI=1S/C24H24N4O2/c1-15-8-7-13-20(25-15)26-23(29)18-14-28(16-9-3-4-10-16)24(30)22-21(18)17-11-5-6-12-19(17)27(22)2/h5-8,11-14,16H,3-4,9-10H2,1-2H3,(H,25,26,29). The van der Waals surface area contributed by atoms with Crippen molar-refractivity contribution in [2.45, 2.75) is 38.6 Å². The van der Waals surface area contributed by atoms with E-state index in [4.69, 9.17) is 0 Å². The number of aryl methyl sites for hydroxylation is 2. The monoisotopic (exact) mass is 400 g/mol. The van der Waals surface area contributed by atoms with Gasteiger partial charge in [-0.2, -0.15) is 0 Å². The number of hydrogen-bond donors (Lipinski definition) is 1. The van der Waals surface area contributed by atoms with E-state index in [2.05, 4.69) is 10.3 Å². The second-order valence-corrected chi connectivity index (χ2v) is 8.11. The molecule has 5 rings (SSSR count). The van der Waals surface area contributed by atoms with Gasteiger partial charge >= 0.3 is 0 Å². The lowest BCUT2D eigenvalue weighted by Gasteiger charge is -2.16. The van der Waals surface area contributed by atoms with Gasteiger partial charge in [0.2, 0.25) is 0 Å². The number of nitrogens with zero attached hydrogens (tertiary/aromatic N) is 3. The van der Waals surface area contributed by atoms with Gasteiger partial charge in [0.05, 0.1) is 5.56 Å². The fourth-order valence-corrected chi connectivity index (χ4v) is 4.72. The molecule has 0 aliphatic heterocycles. The summed E-state index contributed by atoms with van der Waals surface area (Å²) in [6, 6.07) is 13.5. The van der Waals surface area contributed by atoms with E-state index in [0.717, 1.165) is 42.3 Å². The van der Waals surface area contributed by atoms with Crippen LogP contribution in [0.2, 0.25) is 0 Å². The maximum Gasteiger partial charge on any atom is 0.275 e. The first-order valence-electron chi connectivity index (χ1n) is 10.4. The maximum atomic E-state index is 13.5. The predicted molar refractivity (Wildman–Crippen MR) is 119 cm³/mol. The van der Waals surface area contributed by atoms with Crippen molar-refractivity contribution in [1.82, 2.24) is 14.1 Å². The molecule has 1 saturated carbocycles. The van der Waals surface area contributed by atoms with Crippen LogP contribution in [0.15, 0.2) is 53.5 Å². The number of rotatable bonds is 3. The van der Waals surface area contributed by atoms with Crippen molar-refractivity contribution in [3.05, 3.63) is 70.3 Å². The Hall–Kier alpha value is -3.41. The van der Waals surface area contributed by atoms with Crippen molar-refractivity contribution < 1.29 is 4.79 Å². The van der Waals surface area contributed by atoms with Crippen LogP contribution in [0.4, 0.5) is 5.82 Å². The number of aromatic nitrogens is 3. The summed E-state index contributed by atoms with van der Waals surface area (Å²) in [5.74, 6) is 0.258. The number of fused-ring (bicyclic) bond motifs is 3. The van der Waals surface area contributed by atoms with E-state index in [1.807, 2.05) is 54.9 Å². The first-order valence-corrected chi connectivity index (χ1v) is 10.4. The van der Waals surface area contributed by atoms with E-state index in [-0.39, 0.29) is 17.5 Å². The molecule has 1 aromatic carbocycles. The Bertz CT molecular complexity index is 1340. The molecular formula is C24H24N4O2. The molecule has 1 amide bonds. The quantitative estimate of drug-likeness (QED) is 0.548. The number of anilines is 1. The fourth-order valence-electron chi connectivity index (χ4n) is 4.72. The molecule has 0 bridgehead atoms. The molecule has 152 valence electrons. The molecule has 0 radical (unpaired) electrons. The van der Waals surface area contributed by atoms with Gasteiger partial charge in [0.15, 0.2) is 0 Å². The summed E-state index contributed by atoms with van der Waals surface area (Å²) in [5.41, 5.74) is 2.83. The first-order chi connectivity index (χ1) is 14.5. The van der Waals surface area contributed by atoms with Crippen LogP contribution in [0.3, 0.4) is 0 Å². The Morgan fingerprint density at radius 2 is 1.87 bits per heavy atom. The number of pyridine rings is 2. The second-order valence-electron chi connectivity index (χ2n) is 8.11. The van der Waals surface area contributed by atoms with E-state index >= 15 is 0 Å². The van der Waals surface area contributed by atoms with Crippen LogP contribution in [-0.2, 0) is 7.05 Å². The van der Waals surface area contributed by atoms with Crippen molar-refractivity contribution >= 4 is 33.5 Å². The van der Waals surface area contributed by atoms with Gasteiger partial charge in [-0.05, 0) is 38.0 Å². The average Bonchev–Trinajstić information content (AvgIpc) is 3.36. The lowest BCUT2D eigenvalue weighted by atomic mass is 10.1. The number of para-hydroxylation sites is 1. The largest absolute Gasteiger partial charge is 0.339 e. The first kappa shape index (κ1) is 18.6. The van der Waals surface area contributed by atoms with E-state index in [9.17, 15) is 9.59 Å². The third-order valence-corrected chi connectivity index (χ3v) is 6.17. The van der Waals surface area contributed by atoms with Gasteiger partial charge < -0.3 is 14.5 Å². The molecule has 1 aliphatic carbocycles. The van der Waals surface area contributed by atoms with Crippen LogP contribution in [0, 0.1) is 6.92 Å². The minimum atomic E-state index is -0.249. The summed E-state index contributed by atoms with van der Waals surface area (Å²) in [6.45, 7) is 1.89. The molecule has 1 fully saturated rings. The van der Waals surface area contributed by atoms with Gasteiger partial charge in [-0.25, -0.2) is 4.98 Å². The number of nitrogens with one attached hydrogen (secondary N) is 1. The molecule has 3 aromatic heterocycles. The predicted octanol–water partition coefficient (Wildman–Crippen LogP) is 4.56. The van der Waals surface area contributed by atoms with Crippen LogP contribution in [0.1, 0.15) is 47.8 Å². The topological polar surface area (TPSA) is 68.9 Å². The van der Waals surface area contributed by atoms with Crippen molar-refractivity contribution in [3.8, 4) is 0 Å². The normalized spacial score (nSPS) is 14.6. The fraction of sp³-hybridized carbons (Fsp3) is 0.292. The molecule has 30 heavy (non-hydrogen) atoms. The van der Waals surface area contributed by atoms with Gasteiger partial charge in [0.1, 0.15) is 11.3 Å². The Morgan fingerprint density at radius 1 is 1.10 bits per heavy atom. The lowest BCUT2D eigenvalue weighted by Crippen LogP contribution is -2.27. The van der Waals surface area contributed by atoms with Gasteiger partial charge in [0.25, 0.3) is 11.5 Å². The molecule has 0 saturated heterocycles. The van der Waals surface area contributed by atoms with E-state index in [0.29, 0.717) is 22.3 Å². The van der Waals surface area contributed by atoms with Crippen molar-refractivity contribution in [2.24, 2.45) is 7.05 Å². The molecule has 6 nitrogen and oxygen atoms in total. The highest BCUT2D eigenvalue weighted by molar-refractivity contribution is 6.20. The second kappa shape index (κ2) is 7.13. The molecule has 1 aliphatic rings. The van der Waals surface area contributed by atoms with Crippen molar-refractivity contribution in [1.29, 1.82) is 0 Å². The molecule has 0 unspecified atom stereocenters. The number of carbonyl (C=O) groups excluding carboxylic acids is 1. The molecular weight excluding hydrogens is 376 g/mol. The smallest absolute Gasteiger partial charge is 0.275 e. The molecule has 1 N–H and O–H groups in total. The van der Waals surface area contributed by atoms with Crippen LogP contribution in [0.25, 0.3) is 21.8 Å². The molecule has 0 atom stereocenters. The SMILES string of the molecule is Cc1cccc(NC(=O)c2cn(C3CCCC3)c(=O)c3c2c2ccccc2n3C)n1. The summed E-state index contributed by atoms with van der Waals surface area (Å²) in [4.78, 5) is 31.3. The van der Waals surface area contributed by atoms with E-state index in [1.54, 1.807) is 16.8 Å². The zero-order valence-electron chi connectivity index (χ0n) is 17.2. The summed E-state index contributed by atoms with van der Waals surface area (Å²) in [5, 5.41) is 4.54. The van der Waals surface area contributed by atoms with Crippen LogP contribution < -0.4 is 10.9 Å². The maximum absolute atomic E-state index is 13.5. The van der Waals surface area contributed by atoms with Crippen molar-refractivity contribution in [3.63, 3.8) is 0 Å². The average molecular weight is 400 g/mol.